The van der Waals surface area contributed by atoms with Crippen LogP contribution in [-0.4, -0.2) is 23.3 Å². The molecule has 2 rings (SSSR count). The summed E-state index contributed by atoms with van der Waals surface area (Å²) >= 11 is 1.75. The molecule has 4 heteroatoms. The Hall–Kier alpha value is -1.26. The molecule has 2 aromatic rings. The number of aryl methyl sites for hydroxylation is 3. The lowest BCUT2D eigenvalue weighted by molar-refractivity contribution is 0.553. The van der Waals surface area contributed by atoms with Crippen LogP contribution >= 0.6 is 11.3 Å². The van der Waals surface area contributed by atoms with Crippen molar-refractivity contribution in [2.45, 2.75) is 40.0 Å². The standard InChI is InChI=1S/C17H25N3S/c1-13(2)12-18-10-9-17-20-19-16(21-17)8-7-15-6-4-5-14(3)11-15/h4-6,11,13,18H,7-10,12H2,1-3H3. The number of nitrogens with zero attached hydrogens (tertiary/aromatic N) is 2. The van der Waals surface area contributed by atoms with Crippen molar-refractivity contribution in [1.29, 1.82) is 0 Å². The van der Waals surface area contributed by atoms with Crippen molar-refractivity contribution >= 4 is 11.3 Å². The Morgan fingerprint density at radius 1 is 1.10 bits per heavy atom. The zero-order chi connectivity index (χ0) is 15.1. The second-order valence-electron chi connectivity index (χ2n) is 5.93. The normalized spacial score (nSPS) is 11.2. The fourth-order valence-corrected chi connectivity index (χ4v) is 3.04. The van der Waals surface area contributed by atoms with Crippen LogP contribution in [0.4, 0.5) is 0 Å². The number of nitrogens with one attached hydrogen (secondary N) is 1. The summed E-state index contributed by atoms with van der Waals surface area (Å²) in [5.74, 6) is 0.698. The van der Waals surface area contributed by atoms with Gasteiger partial charge in [0.05, 0.1) is 0 Å². The second-order valence-corrected chi connectivity index (χ2v) is 7.07. The molecule has 1 aromatic carbocycles. The highest BCUT2D eigenvalue weighted by Gasteiger charge is 2.05. The number of hydrogen-bond donors (Lipinski definition) is 1. The predicted octanol–water partition coefficient (Wildman–Crippen LogP) is 3.42. The maximum absolute atomic E-state index is 4.31. The molecule has 0 aliphatic rings. The van der Waals surface area contributed by atoms with Gasteiger partial charge in [-0.3, -0.25) is 0 Å². The summed E-state index contributed by atoms with van der Waals surface area (Å²) in [6.45, 7) is 8.64. The van der Waals surface area contributed by atoms with Gasteiger partial charge in [0, 0.05) is 19.4 Å². The summed E-state index contributed by atoms with van der Waals surface area (Å²) in [4.78, 5) is 0. The smallest absolute Gasteiger partial charge is 0.118 e. The number of rotatable bonds is 8. The van der Waals surface area contributed by atoms with E-state index in [9.17, 15) is 0 Å². The van der Waals surface area contributed by atoms with E-state index in [0.717, 1.165) is 42.4 Å². The SMILES string of the molecule is Cc1cccc(CCc2nnc(CCNCC(C)C)s2)c1. The Bertz CT molecular complexity index is 548. The molecule has 0 saturated carbocycles. The third-order valence-corrected chi connectivity index (χ3v) is 4.33. The fraction of sp³-hybridized carbons (Fsp3) is 0.529. The average molecular weight is 303 g/mol. The molecule has 0 aliphatic heterocycles. The molecule has 1 N–H and O–H groups in total. The molecule has 114 valence electrons. The lowest BCUT2D eigenvalue weighted by Gasteiger charge is -2.05. The molecule has 3 nitrogen and oxygen atoms in total. The summed E-state index contributed by atoms with van der Waals surface area (Å²) in [6.07, 6.45) is 3.01. The van der Waals surface area contributed by atoms with Crippen LogP contribution in [0.1, 0.15) is 35.0 Å². The Kier molecular flexibility index (Phi) is 6.33. The maximum atomic E-state index is 4.31. The number of aromatic nitrogens is 2. The molecular weight excluding hydrogens is 278 g/mol. The van der Waals surface area contributed by atoms with E-state index in [0.29, 0.717) is 5.92 Å². The van der Waals surface area contributed by atoms with Crippen LogP contribution < -0.4 is 5.32 Å². The molecule has 0 saturated heterocycles. The second kappa shape index (κ2) is 8.25. The van der Waals surface area contributed by atoms with E-state index in [1.165, 1.54) is 11.1 Å². The first-order valence-electron chi connectivity index (χ1n) is 7.71. The van der Waals surface area contributed by atoms with Crippen LogP contribution in [0.25, 0.3) is 0 Å². The highest BCUT2D eigenvalue weighted by molar-refractivity contribution is 7.11. The van der Waals surface area contributed by atoms with Gasteiger partial charge in [0.2, 0.25) is 0 Å². The molecule has 0 spiro atoms. The zero-order valence-electron chi connectivity index (χ0n) is 13.2. The van der Waals surface area contributed by atoms with E-state index in [1.54, 1.807) is 11.3 Å². The number of hydrogen-bond acceptors (Lipinski definition) is 4. The lowest BCUT2D eigenvalue weighted by atomic mass is 10.1. The van der Waals surface area contributed by atoms with Crippen LogP contribution in [0, 0.1) is 12.8 Å². The van der Waals surface area contributed by atoms with Gasteiger partial charge in [0.25, 0.3) is 0 Å². The molecule has 0 aliphatic carbocycles. The van der Waals surface area contributed by atoms with E-state index in [4.69, 9.17) is 0 Å². The van der Waals surface area contributed by atoms with Crippen molar-refractivity contribution in [3.8, 4) is 0 Å². The summed E-state index contributed by atoms with van der Waals surface area (Å²) in [5.41, 5.74) is 2.70. The molecule has 21 heavy (non-hydrogen) atoms. The van der Waals surface area contributed by atoms with Gasteiger partial charge in [-0.1, -0.05) is 43.7 Å². The largest absolute Gasteiger partial charge is 0.316 e. The van der Waals surface area contributed by atoms with Gasteiger partial charge in [-0.15, -0.1) is 21.5 Å². The van der Waals surface area contributed by atoms with Gasteiger partial charge < -0.3 is 5.32 Å². The van der Waals surface area contributed by atoms with Crippen LogP contribution in [0.15, 0.2) is 24.3 Å². The quantitative estimate of drug-likeness (QED) is 0.759. The third kappa shape index (κ3) is 5.94. The molecular formula is C17H25N3S. The van der Waals surface area contributed by atoms with Crippen molar-refractivity contribution in [2.24, 2.45) is 5.92 Å². The van der Waals surface area contributed by atoms with Crippen LogP contribution in [0.5, 0.6) is 0 Å². The Labute approximate surface area is 131 Å². The summed E-state index contributed by atoms with van der Waals surface area (Å²) < 4.78 is 0. The third-order valence-electron chi connectivity index (χ3n) is 3.29. The molecule has 0 fully saturated rings. The highest BCUT2D eigenvalue weighted by Crippen LogP contribution is 2.14. The molecule has 0 bridgehead atoms. The van der Waals surface area contributed by atoms with E-state index >= 15 is 0 Å². The minimum atomic E-state index is 0.698. The zero-order valence-corrected chi connectivity index (χ0v) is 14.0. The van der Waals surface area contributed by atoms with Crippen molar-refractivity contribution in [2.75, 3.05) is 13.1 Å². The van der Waals surface area contributed by atoms with E-state index in [2.05, 4.69) is 60.6 Å². The molecule has 0 amide bonds. The summed E-state index contributed by atoms with van der Waals surface area (Å²) in [5, 5.41) is 14.3. The van der Waals surface area contributed by atoms with Crippen LogP contribution in [0.2, 0.25) is 0 Å². The maximum Gasteiger partial charge on any atom is 0.118 e. The van der Waals surface area contributed by atoms with Gasteiger partial charge in [-0.25, -0.2) is 0 Å². The van der Waals surface area contributed by atoms with E-state index < -0.39 is 0 Å². The number of benzene rings is 1. The highest BCUT2D eigenvalue weighted by atomic mass is 32.1. The van der Waals surface area contributed by atoms with Gasteiger partial charge in [-0.05, 0) is 31.4 Å². The minimum Gasteiger partial charge on any atom is -0.316 e. The Balaban J connectivity index is 1.75. The molecule has 0 unspecified atom stereocenters. The Morgan fingerprint density at radius 2 is 1.86 bits per heavy atom. The predicted molar refractivity (Wildman–Crippen MR) is 89.9 cm³/mol. The van der Waals surface area contributed by atoms with Crippen molar-refractivity contribution in [3.63, 3.8) is 0 Å². The molecule has 1 heterocycles. The molecule has 0 atom stereocenters. The van der Waals surface area contributed by atoms with Gasteiger partial charge in [0.15, 0.2) is 0 Å². The minimum absolute atomic E-state index is 0.698. The average Bonchev–Trinajstić information content (AvgIpc) is 2.89. The van der Waals surface area contributed by atoms with Gasteiger partial charge >= 0.3 is 0 Å². The van der Waals surface area contributed by atoms with Crippen LogP contribution in [-0.2, 0) is 19.3 Å². The summed E-state index contributed by atoms with van der Waals surface area (Å²) in [6, 6.07) is 8.69. The monoisotopic (exact) mass is 303 g/mol. The van der Waals surface area contributed by atoms with Gasteiger partial charge in [-0.2, -0.15) is 0 Å². The first-order valence-corrected chi connectivity index (χ1v) is 8.52. The fourth-order valence-electron chi connectivity index (χ4n) is 2.20. The summed E-state index contributed by atoms with van der Waals surface area (Å²) in [7, 11) is 0. The first-order chi connectivity index (χ1) is 10.1. The van der Waals surface area contributed by atoms with Crippen LogP contribution in [0.3, 0.4) is 0 Å². The van der Waals surface area contributed by atoms with Gasteiger partial charge in [0.1, 0.15) is 10.0 Å². The van der Waals surface area contributed by atoms with Crippen molar-refractivity contribution in [3.05, 3.63) is 45.4 Å². The Morgan fingerprint density at radius 3 is 2.57 bits per heavy atom. The topological polar surface area (TPSA) is 37.8 Å². The van der Waals surface area contributed by atoms with Crippen molar-refractivity contribution in [1.82, 2.24) is 15.5 Å². The van der Waals surface area contributed by atoms with Crippen molar-refractivity contribution < 1.29 is 0 Å². The van der Waals surface area contributed by atoms with E-state index in [1.807, 2.05) is 0 Å². The lowest BCUT2D eigenvalue weighted by Crippen LogP contribution is -2.22. The molecule has 1 aromatic heterocycles. The first kappa shape index (κ1) is 16.1. The molecule has 0 radical (unpaired) electrons. The van der Waals surface area contributed by atoms with E-state index in [-0.39, 0.29) is 0 Å².